The van der Waals surface area contributed by atoms with Gasteiger partial charge in [0, 0.05) is 34.9 Å². The van der Waals surface area contributed by atoms with Crippen LogP contribution in [0.15, 0.2) is 42.9 Å². The quantitative estimate of drug-likeness (QED) is 0.487. The fraction of sp³-hybridized carbons (Fsp3) is 0.375. The van der Waals surface area contributed by atoms with E-state index in [1.165, 1.54) is 10.9 Å². The summed E-state index contributed by atoms with van der Waals surface area (Å²) < 4.78 is 2.40. The van der Waals surface area contributed by atoms with E-state index in [1.807, 2.05) is 20.8 Å². The summed E-state index contributed by atoms with van der Waals surface area (Å²) in [5.41, 5.74) is 4.44. The molecule has 30 heavy (non-hydrogen) atoms. The van der Waals surface area contributed by atoms with E-state index in [0.29, 0.717) is 22.8 Å². The van der Waals surface area contributed by atoms with Crippen LogP contribution >= 0.6 is 0 Å². The normalized spacial score (nSPS) is 15.8. The minimum absolute atomic E-state index is 0.0652. The number of piperidine rings is 1. The number of nitrogens with zero attached hydrogens (tertiary/aromatic N) is 3. The highest BCUT2D eigenvalue weighted by Gasteiger charge is 2.26. The van der Waals surface area contributed by atoms with Gasteiger partial charge in [0.1, 0.15) is 5.52 Å². The summed E-state index contributed by atoms with van der Waals surface area (Å²) in [6.45, 7) is 7.89. The summed E-state index contributed by atoms with van der Waals surface area (Å²) in [5.74, 6) is 0.0652. The molecule has 6 heteroatoms. The number of Topliss-reactive ketones (excluding diaryl/α,β-unsaturated/α-hetero) is 1. The molecule has 4 heterocycles. The van der Waals surface area contributed by atoms with Gasteiger partial charge < -0.3 is 14.9 Å². The molecule has 0 unspecified atom stereocenters. The number of carbonyl (C=O) groups is 1. The lowest BCUT2D eigenvalue weighted by atomic mass is 9.87. The fourth-order valence-electron chi connectivity index (χ4n) is 4.32. The van der Waals surface area contributed by atoms with Gasteiger partial charge >= 0.3 is 0 Å². The number of nitrogens with one attached hydrogen (secondary N) is 2. The average molecular weight is 402 g/mol. The third kappa shape index (κ3) is 3.21. The van der Waals surface area contributed by atoms with Crippen molar-refractivity contribution in [2.24, 2.45) is 5.41 Å². The van der Waals surface area contributed by atoms with Crippen molar-refractivity contribution in [3.8, 4) is 11.3 Å². The molecule has 0 saturated carbocycles. The first-order valence-electron chi connectivity index (χ1n) is 10.6. The lowest BCUT2D eigenvalue weighted by Gasteiger charge is -2.25. The van der Waals surface area contributed by atoms with Gasteiger partial charge in [0.25, 0.3) is 0 Å². The highest BCUT2D eigenvalue weighted by atomic mass is 16.1. The van der Waals surface area contributed by atoms with Crippen LogP contribution in [-0.2, 0) is 0 Å². The molecule has 0 spiro atoms. The molecular weight excluding hydrogens is 374 g/mol. The van der Waals surface area contributed by atoms with Crippen molar-refractivity contribution < 1.29 is 4.79 Å². The van der Waals surface area contributed by atoms with Gasteiger partial charge in [-0.2, -0.15) is 0 Å². The fourth-order valence-corrected chi connectivity index (χ4v) is 4.32. The molecule has 0 atom stereocenters. The Bertz CT molecular complexity index is 1240. The van der Waals surface area contributed by atoms with Crippen LogP contribution in [0.2, 0.25) is 0 Å². The highest BCUT2D eigenvalue weighted by molar-refractivity contribution is 6.08. The first-order chi connectivity index (χ1) is 14.4. The molecule has 1 fully saturated rings. The van der Waals surface area contributed by atoms with Crippen LogP contribution in [0.4, 0.5) is 0 Å². The maximum absolute atomic E-state index is 12.9. The van der Waals surface area contributed by atoms with Gasteiger partial charge in [-0.15, -0.1) is 0 Å². The second-order valence-electron chi connectivity index (χ2n) is 9.21. The van der Waals surface area contributed by atoms with Gasteiger partial charge in [0.15, 0.2) is 11.4 Å². The van der Waals surface area contributed by atoms with Gasteiger partial charge in [-0.05, 0) is 43.5 Å². The van der Waals surface area contributed by atoms with Crippen molar-refractivity contribution in [1.29, 1.82) is 0 Å². The minimum atomic E-state index is -0.471. The van der Waals surface area contributed by atoms with Gasteiger partial charge in [-0.25, -0.2) is 9.97 Å². The van der Waals surface area contributed by atoms with Gasteiger partial charge in [-0.1, -0.05) is 32.9 Å². The Morgan fingerprint density at radius 2 is 1.97 bits per heavy atom. The standard InChI is InChI=1S/C24H27N5O/c1-24(2,3)22(30)18-13-26-23-21(18)28-19(14-27-23)16-5-4-15-8-11-29(20(15)12-16)17-6-9-25-10-7-17/h4-5,8,11-14,17,25H,6-7,9-10H2,1-3H3,(H,26,27). The second-order valence-corrected chi connectivity index (χ2v) is 9.21. The highest BCUT2D eigenvalue weighted by Crippen LogP contribution is 2.30. The zero-order valence-electron chi connectivity index (χ0n) is 17.7. The van der Waals surface area contributed by atoms with Crippen molar-refractivity contribution >= 4 is 27.9 Å². The summed E-state index contributed by atoms with van der Waals surface area (Å²) in [7, 11) is 0. The summed E-state index contributed by atoms with van der Waals surface area (Å²) in [6, 6.07) is 9.14. The molecule has 0 radical (unpaired) electrons. The first-order valence-corrected chi connectivity index (χ1v) is 10.6. The number of benzene rings is 1. The Labute approximate surface area is 175 Å². The molecule has 154 valence electrons. The van der Waals surface area contributed by atoms with Crippen LogP contribution in [-0.4, -0.2) is 38.4 Å². The monoisotopic (exact) mass is 401 g/mol. The Balaban J connectivity index is 1.58. The van der Waals surface area contributed by atoms with Crippen molar-refractivity contribution in [2.45, 2.75) is 39.7 Å². The van der Waals surface area contributed by atoms with E-state index in [2.05, 4.69) is 50.3 Å². The molecule has 5 rings (SSSR count). The zero-order chi connectivity index (χ0) is 20.9. The van der Waals surface area contributed by atoms with Crippen LogP contribution in [0.3, 0.4) is 0 Å². The molecule has 1 aromatic carbocycles. The third-order valence-corrected chi connectivity index (χ3v) is 6.03. The van der Waals surface area contributed by atoms with Crippen LogP contribution in [0.1, 0.15) is 50.0 Å². The molecule has 0 bridgehead atoms. The van der Waals surface area contributed by atoms with E-state index in [0.717, 1.165) is 37.2 Å². The van der Waals surface area contributed by atoms with Gasteiger partial charge in [-0.3, -0.25) is 4.79 Å². The van der Waals surface area contributed by atoms with E-state index in [4.69, 9.17) is 4.98 Å². The maximum Gasteiger partial charge on any atom is 0.171 e. The second kappa shape index (κ2) is 7.06. The predicted molar refractivity (Wildman–Crippen MR) is 120 cm³/mol. The summed E-state index contributed by atoms with van der Waals surface area (Å²) in [5, 5.41) is 4.67. The number of fused-ring (bicyclic) bond motifs is 2. The Kier molecular flexibility index (Phi) is 4.47. The molecule has 0 amide bonds. The van der Waals surface area contributed by atoms with Crippen molar-refractivity contribution in [3.63, 3.8) is 0 Å². The SMILES string of the molecule is CC(C)(C)C(=O)c1c[nH]c2ncc(-c3ccc4ccn(C5CCNCC5)c4c3)nc12. The number of H-pyrrole nitrogens is 1. The van der Waals surface area contributed by atoms with Crippen molar-refractivity contribution in [1.82, 2.24) is 24.8 Å². The predicted octanol–water partition coefficient (Wildman–Crippen LogP) is 4.73. The number of aromatic nitrogens is 4. The lowest BCUT2D eigenvalue weighted by molar-refractivity contribution is 0.0860. The molecule has 3 aromatic heterocycles. The molecule has 2 N–H and O–H groups in total. The van der Waals surface area contributed by atoms with E-state index < -0.39 is 5.41 Å². The topological polar surface area (TPSA) is 75.6 Å². The molecule has 0 aliphatic carbocycles. The Morgan fingerprint density at radius 1 is 1.17 bits per heavy atom. The largest absolute Gasteiger partial charge is 0.344 e. The summed E-state index contributed by atoms with van der Waals surface area (Å²) >= 11 is 0. The molecular formula is C24H27N5O. The van der Waals surface area contributed by atoms with Crippen LogP contribution < -0.4 is 5.32 Å². The number of rotatable bonds is 3. The lowest BCUT2D eigenvalue weighted by Crippen LogP contribution is -2.29. The Hall–Kier alpha value is -2.99. The maximum atomic E-state index is 12.9. The molecule has 6 nitrogen and oxygen atoms in total. The van der Waals surface area contributed by atoms with Gasteiger partial charge in [0.05, 0.1) is 17.5 Å². The van der Waals surface area contributed by atoms with Crippen LogP contribution in [0.5, 0.6) is 0 Å². The van der Waals surface area contributed by atoms with Gasteiger partial charge in [0.2, 0.25) is 0 Å². The molecule has 1 saturated heterocycles. The van der Waals surface area contributed by atoms with Crippen LogP contribution in [0, 0.1) is 5.41 Å². The molecule has 1 aliphatic rings. The van der Waals surface area contributed by atoms with Crippen molar-refractivity contribution in [2.75, 3.05) is 13.1 Å². The number of ketones is 1. The summed E-state index contributed by atoms with van der Waals surface area (Å²) in [4.78, 5) is 25.3. The summed E-state index contributed by atoms with van der Waals surface area (Å²) in [6.07, 6.45) is 7.99. The van der Waals surface area contributed by atoms with E-state index in [-0.39, 0.29) is 5.78 Å². The zero-order valence-corrected chi connectivity index (χ0v) is 17.7. The molecule has 1 aliphatic heterocycles. The molecule has 4 aromatic rings. The number of hydrogen-bond acceptors (Lipinski definition) is 4. The first kappa shape index (κ1) is 19.0. The number of carbonyl (C=O) groups excluding carboxylic acids is 1. The third-order valence-electron chi connectivity index (χ3n) is 6.03. The number of hydrogen-bond donors (Lipinski definition) is 2. The minimum Gasteiger partial charge on any atom is -0.344 e. The van der Waals surface area contributed by atoms with E-state index in [1.54, 1.807) is 12.4 Å². The number of aromatic amines is 1. The van der Waals surface area contributed by atoms with Crippen LogP contribution in [0.25, 0.3) is 33.3 Å². The smallest absolute Gasteiger partial charge is 0.171 e. The van der Waals surface area contributed by atoms with E-state index in [9.17, 15) is 4.79 Å². The van der Waals surface area contributed by atoms with Crippen molar-refractivity contribution in [3.05, 3.63) is 48.4 Å². The average Bonchev–Trinajstić information content (AvgIpc) is 3.36. The Morgan fingerprint density at radius 3 is 2.73 bits per heavy atom. The van der Waals surface area contributed by atoms with E-state index >= 15 is 0 Å².